The van der Waals surface area contributed by atoms with Crippen LogP contribution in [-0.4, -0.2) is 53.2 Å². The third-order valence-corrected chi connectivity index (χ3v) is 4.60. The number of halogens is 1. The summed E-state index contributed by atoms with van der Waals surface area (Å²) in [5.74, 6) is 0.604. The molecule has 1 aromatic heterocycles. The molecule has 114 valence electrons. The summed E-state index contributed by atoms with van der Waals surface area (Å²) in [5, 5.41) is 13.9. The topological polar surface area (TPSA) is 80.5 Å². The van der Waals surface area contributed by atoms with E-state index < -0.39 is 4.92 Å². The first-order valence-corrected chi connectivity index (χ1v) is 7.82. The van der Waals surface area contributed by atoms with E-state index in [9.17, 15) is 10.1 Å². The molecular weight excluding hydrogens is 340 g/mol. The van der Waals surface area contributed by atoms with E-state index in [1.54, 1.807) is 0 Å². The van der Waals surface area contributed by atoms with E-state index >= 15 is 0 Å². The summed E-state index contributed by atoms with van der Waals surface area (Å²) in [6.07, 6.45) is 3.87. The molecule has 2 aliphatic heterocycles. The molecule has 0 saturated carbocycles. The Morgan fingerprint density at radius 2 is 2.48 bits per heavy atom. The number of hydrogen-bond acceptors (Lipinski definition) is 6. The smallest absolute Gasteiger partial charge is 0.288 e. The molecule has 2 fully saturated rings. The fourth-order valence-electron chi connectivity index (χ4n) is 2.88. The quantitative estimate of drug-likeness (QED) is 0.656. The van der Waals surface area contributed by atoms with Crippen LogP contribution in [0, 0.1) is 10.1 Å². The predicted molar refractivity (Wildman–Crippen MR) is 81.4 cm³/mol. The van der Waals surface area contributed by atoms with Crippen molar-refractivity contribution in [3.8, 4) is 0 Å². The molecule has 3 heterocycles. The molecule has 2 unspecified atom stereocenters. The van der Waals surface area contributed by atoms with Gasteiger partial charge in [0.1, 0.15) is 12.0 Å². The molecule has 7 nitrogen and oxygen atoms in total. The van der Waals surface area contributed by atoms with Crippen LogP contribution in [0.1, 0.15) is 12.8 Å². The molecule has 3 rings (SSSR count). The number of aromatic nitrogens is 1. The SMILES string of the molecule is O=[N+]([O-])c1cnc(NCC2CN3CCCC3CO2)c(Br)c1. The van der Waals surface area contributed by atoms with Gasteiger partial charge in [0.2, 0.25) is 0 Å². The van der Waals surface area contributed by atoms with Crippen LogP contribution in [0.3, 0.4) is 0 Å². The number of anilines is 1. The number of morpholine rings is 1. The standard InChI is InChI=1S/C13H17BrN4O3/c14-12-4-10(18(19)20)5-15-13(12)16-6-11-7-17-3-1-2-9(17)8-21-11/h4-5,9,11H,1-3,6-8H2,(H,15,16). The van der Waals surface area contributed by atoms with Gasteiger partial charge in [0.25, 0.3) is 5.69 Å². The van der Waals surface area contributed by atoms with Crippen LogP contribution < -0.4 is 5.32 Å². The molecule has 2 aliphatic rings. The maximum Gasteiger partial charge on any atom is 0.288 e. The van der Waals surface area contributed by atoms with Gasteiger partial charge in [-0.1, -0.05) is 0 Å². The molecule has 0 radical (unpaired) electrons. The van der Waals surface area contributed by atoms with Gasteiger partial charge in [-0.15, -0.1) is 0 Å². The number of ether oxygens (including phenoxy) is 1. The lowest BCUT2D eigenvalue weighted by Gasteiger charge is -2.35. The van der Waals surface area contributed by atoms with Gasteiger partial charge in [0.15, 0.2) is 0 Å². The van der Waals surface area contributed by atoms with E-state index in [0.29, 0.717) is 22.9 Å². The number of hydrogen-bond donors (Lipinski definition) is 1. The number of rotatable bonds is 4. The van der Waals surface area contributed by atoms with Crippen molar-refractivity contribution in [2.45, 2.75) is 25.0 Å². The van der Waals surface area contributed by atoms with Crippen molar-refractivity contribution in [1.29, 1.82) is 0 Å². The Hall–Kier alpha value is -1.25. The first-order chi connectivity index (χ1) is 10.1. The van der Waals surface area contributed by atoms with Crippen LogP contribution in [0.2, 0.25) is 0 Å². The average Bonchev–Trinajstić information content (AvgIpc) is 2.93. The molecule has 21 heavy (non-hydrogen) atoms. The molecular formula is C13H17BrN4O3. The first kappa shape index (κ1) is 14.7. The third kappa shape index (κ3) is 3.33. The van der Waals surface area contributed by atoms with Crippen molar-refractivity contribution in [2.24, 2.45) is 0 Å². The van der Waals surface area contributed by atoms with E-state index in [2.05, 4.69) is 31.1 Å². The molecule has 0 aliphatic carbocycles. The summed E-state index contributed by atoms with van der Waals surface area (Å²) < 4.78 is 6.45. The van der Waals surface area contributed by atoms with Crippen LogP contribution in [0.25, 0.3) is 0 Å². The molecule has 1 aromatic rings. The Labute approximate surface area is 131 Å². The second-order valence-electron chi connectivity index (χ2n) is 5.41. The molecule has 8 heteroatoms. The number of nitro groups is 1. The van der Waals surface area contributed by atoms with Gasteiger partial charge in [0.05, 0.1) is 22.1 Å². The van der Waals surface area contributed by atoms with E-state index in [4.69, 9.17) is 4.74 Å². The molecule has 2 saturated heterocycles. The molecule has 0 bridgehead atoms. The van der Waals surface area contributed by atoms with Gasteiger partial charge in [-0.25, -0.2) is 4.98 Å². The molecule has 0 amide bonds. The predicted octanol–water partition coefficient (Wildman–Crippen LogP) is 2.03. The zero-order valence-corrected chi connectivity index (χ0v) is 13.1. The highest BCUT2D eigenvalue weighted by atomic mass is 79.9. The van der Waals surface area contributed by atoms with Gasteiger partial charge in [-0.2, -0.15) is 0 Å². The van der Waals surface area contributed by atoms with Gasteiger partial charge >= 0.3 is 0 Å². The van der Waals surface area contributed by atoms with Crippen molar-refractivity contribution in [2.75, 3.05) is 31.6 Å². The lowest BCUT2D eigenvalue weighted by Crippen LogP contribution is -2.48. The average molecular weight is 357 g/mol. The maximum atomic E-state index is 10.7. The van der Waals surface area contributed by atoms with Gasteiger partial charge in [-0.05, 0) is 35.3 Å². The highest BCUT2D eigenvalue weighted by Crippen LogP contribution is 2.26. The summed E-state index contributed by atoms with van der Waals surface area (Å²) in [6.45, 7) is 3.53. The highest BCUT2D eigenvalue weighted by molar-refractivity contribution is 9.10. The van der Waals surface area contributed by atoms with Crippen molar-refractivity contribution < 1.29 is 9.66 Å². The Bertz CT molecular complexity index is 542. The summed E-state index contributed by atoms with van der Waals surface area (Å²) >= 11 is 3.30. The van der Waals surface area contributed by atoms with Crippen LogP contribution in [0.4, 0.5) is 11.5 Å². The zero-order chi connectivity index (χ0) is 14.8. The maximum absolute atomic E-state index is 10.7. The summed E-state index contributed by atoms with van der Waals surface area (Å²) in [7, 11) is 0. The summed E-state index contributed by atoms with van der Waals surface area (Å²) in [6, 6.07) is 2.04. The molecule has 0 aromatic carbocycles. The van der Waals surface area contributed by atoms with Crippen LogP contribution in [0.15, 0.2) is 16.7 Å². The van der Waals surface area contributed by atoms with E-state index in [1.807, 2.05) is 0 Å². The number of nitrogens with one attached hydrogen (secondary N) is 1. The lowest BCUT2D eigenvalue weighted by atomic mass is 10.2. The minimum absolute atomic E-state index is 0.0266. The van der Waals surface area contributed by atoms with Gasteiger partial charge < -0.3 is 10.1 Å². The lowest BCUT2D eigenvalue weighted by molar-refractivity contribution is -0.385. The number of fused-ring (bicyclic) bond motifs is 1. The van der Waals surface area contributed by atoms with Crippen LogP contribution in [0.5, 0.6) is 0 Å². The number of pyridine rings is 1. The second-order valence-corrected chi connectivity index (χ2v) is 6.26. The Morgan fingerprint density at radius 3 is 3.24 bits per heavy atom. The monoisotopic (exact) mass is 356 g/mol. The molecule has 2 atom stereocenters. The first-order valence-electron chi connectivity index (χ1n) is 7.03. The van der Waals surface area contributed by atoms with E-state index in [-0.39, 0.29) is 11.8 Å². The fraction of sp³-hybridized carbons (Fsp3) is 0.615. The molecule has 1 N–H and O–H groups in total. The normalized spacial score (nSPS) is 25.6. The third-order valence-electron chi connectivity index (χ3n) is 4.00. The molecule has 0 spiro atoms. The van der Waals surface area contributed by atoms with Crippen molar-refractivity contribution in [3.63, 3.8) is 0 Å². The fourth-order valence-corrected chi connectivity index (χ4v) is 3.35. The minimum Gasteiger partial charge on any atom is -0.373 e. The highest BCUT2D eigenvalue weighted by Gasteiger charge is 2.32. The van der Waals surface area contributed by atoms with E-state index in [1.165, 1.54) is 25.1 Å². The largest absolute Gasteiger partial charge is 0.373 e. The van der Waals surface area contributed by atoms with Gasteiger partial charge in [0, 0.05) is 25.2 Å². The van der Waals surface area contributed by atoms with Crippen LogP contribution >= 0.6 is 15.9 Å². The van der Waals surface area contributed by atoms with Crippen LogP contribution in [-0.2, 0) is 4.74 Å². The Kier molecular flexibility index (Phi) is 4.37. The summed E-state index contributed by atoms with van der Waals surface area (Å²) in [5.41, 5.74) is -0.0266. The minimum atomic E-state index is -0.459. The number of nitrogens with zero attached hydrogens (tertiary/aromatic N) is 3. The Balaban J connectivity index is 1.56. The van der Waals surface area contributed by atoms with Crippen molar-refractivity contribution in [1.82, 2.24) is 9.88 Å². The van der Waals surface area contributed by atoms with E-state index in [0.717, 1.165) is 19.7 Å². The van der Waals surface area contributed by atoms with Gasteiger partial charge in [-0.3, -0.25) is 15.0 Å². The van der Waals surface area contributed by atoms with Crippen molar-refractivity contribution in [3.05, 3.63) is 26.9 Å². The Morgan fingerprint density at radius 1 is 1.62 bits per heavy atom. The zero-order valence-electron chi connectivity index (χ0n) is 11.5. The summed E-state index contributed by atoms with van der Waals surface area (Å²) in [4.78, 5) is 16.8. The second kappa shape index (κ2) is 6.25. The van der Waals surface area contributed by atoms with Crippen molar-refractivity contribution >= 4 is 27.4 Å².